The summed E-state index contributed by atoms with van der Waals surface area (Å²) < 4.78 is 24.6. The van der Waals surface area contributed by atoms with Crippen molar-refractivity contribution in [3.8, 4) is 11.5 Å². The summed E-state index contributed by atoms with van der Waals surface area (Å²) in [6.45, 7) is 5.83. The summed E-state index contributed by atoms with van der Waals surface area (Å²) in [6, 6.07) is 9.87. The van der Waals surface area contributed by atoms with E-state index in [1.54, 1.807) is 63.7 Å². The summed E-state index contributed by atoms with van der Waals surface area (Å²) in [6.07, 6.45) is 4.65. The molecule has 42 heavy (non-hydrogen) atoms. The molecule has 0 saturated carbocycles. The van der Waals surface area contributed by atoms with Crippen molar-refractivity contribution in [2.24, 2.45) is 4.99 Å². The van der Waals surface area contributed by atoms with Gasteiger partial charge in [0.1, 0.15) is 23.3 Å². The predicted molar refractivity (Wildman–Crippen MR) is 159 cm³/mol. The molecule has 1 aliphatic rings. The number of hydrogen-bond donors (Lipinski definition) is 0. The number of allylic oxidation sites excluding steroid dienone is 1. The van der Waals surface area contributed by atoms with Crippen LogP contribution in [0.2, 0.25) is 0 Å². The van der Waals surface area contributed by atoms with Crippen LogP contribution in [0.3, 0.4) is 0 Å². The van der Waals surface area contributed by atoms with Gasteiger partial charge in [-0.1, -0.05) is 24.7 Å². The van der Waals surface area contributed by atoms with Crippen LogP contribution in [0.1, 0.15) is 49.7 Å². The Balaban J connectivity index is 1.67. The topological polar surface area (TPSA) is 118 Å². The van der Waals surface area contributed by atoms with Gasteiger partial charge in [0.2, 0.25) is 0 Å². The van der Waals surface area contributed by atoms with E-state index in [4.69, 9.17) is 23.6 Å². The Bertz CT molecular complexity index is 1840. The quantitative estimate of drug-likeness (QED) is 0.191. The van der Waals surface area contributed by atoms with Crippen LogP contribution in [-0.2, 0) is 9.53 Å². The van der Waals surface area contributed by atoms with Gasteiger partial charge in [0, 0.05) is 23.5 Å². The molecule has 0 N–H and O–H groups in total. The SMILES string of the molecule is CCCC1=C(C(=O)OCC)[C@H](c2cc(OC)ccc2OC)n2c(s/c(=C\c3ccc(Sc4nccc(C)n4)o3)c2=O)=N1. The Morgan fingerprint density at radius 1 is 1.17 bits per heavy atom. The minimum atomic E-state index is -0.838. The number of fused-ring (bicyclic) bond motifs is 1. The third-order valence-corrected chi connectivity index (χ3v) is 8.25. The average molecular weight is 607 g/mol. The largest absolute Gasteiger partial charge is 0.497 e. The molecule has 10 nitrogen and oxygen atoms in total. The first kappa shape index (κ1) is 29.3. The summed E-state index contributed by atoms with van der Waals surface area (Å²) in [5.41, 5.74) is 2.00. The molecule has 5 rings (SSSR count). The van der Waals surface area contributed by atoms with Gasteiger partial charge in [-0.05, 0) is 68.4 Å². The van der Waals surface area contributed by atoms with Crippen molar-refractivity contribution in [1.82, 2.24) is 14.5 Å². The lowest BCUT2D eigenvalue weighted by atomic mass is 9.93. The molecule has 0 aliphatic carbocycles. The van der Waals surface area contributed by atoms with Crippen molar-refractivity contribution in [2.45, 2.75) is 49.9 Å². The lowest BCUT2D eigenvalue weighted by Crippen LogP contribution is -2.40. The van der Waals surface area contributed by atoms with Crippen LogP contribution in [0.25, 0.3) is 6.08 Å². The fourth-order valence-corrected chi connectivity index (χ4v) is 6.39. The molecule has 0 amide bonds. The fourth-order valence-electron chi connectivity index (χ4n) is 4.63. The monoisotopic (exact) mass is 606 g/mol. The molecular weight excluding hydrogens is 576 g/mol. The van der Waals surface area contributed by atoms with Crippen LogP contribution >= 0.6 is 23.1 Å². The maximum atomic E-state index is 14.1. The number of aryl methyl sites for hydroxylation is 1. The van der Waals surface area contributed by atoms with Crippen molar-refractivity contribution in [3.05, 3.63) is 90.6 Å². The van der Waals surface area contributed by atoms with E-state index in [-0.39, 0.29) is 12.2 Å². The lowest BCUT2D eigenvalue weighted by Gasteiger charge is -2.27. The summed E-state index contributed by atoms with van der Waals surface area (Å²) in [4.78, 5) is 41.4. The normalized spacial score (nSPS) is 14.9. The zero-order chi connectivity index (χ0) is 29.8. The maximum absolute atomic E-state index is 14.1. The molecule has 4 aromatic rings. The van der Waals surface area contributed by atoms with Gasteiger partial charge in [0.25, 0.3) is 5.56 Å². The highest BCUT2D eigenvalue weighted by Gasteiger charge is 2.36. The van der Waals surface area contributed by atoms with E-state index in [1.165, 1.54) is 27.7 Å². The highest BCUT2D eigenvalue weighted by molar-refractivity contribution is 7.99. The average Bonchev–Trinajstić information content (AvgIpc) is 3.55. The van der Waals surface area contributed by atoms with Gasteiger partial charge in [-0.2, -0.15) is 0 Å². The first-order chi connectivity index (χ1) is 20.4. The van der Waals surface area contributed by atoms with Gasteiger partial charge in [-0.3, -0.25) is 9.36 Å². The molecule has 0 saturated heterocycles. The minimum Gasteiger partial charge on any atom is -0.497 e. The van der Waals surface area contributed by atoms with Gasteiger partial charge in [0.15, 0.2) is 15.1 Å². The van der Waals surface area contributed by atoms with Crippen LogP contribution in [0.15, 0.2) is 78.3 Å². The van der Waals surface area contributed by atoms with Crippen LogP contribution < -0.4 is 24.4 Å². The number of methoxy groups -OCH3 is 2. The molecule has 0 bridgehead atoms. The smallest absolute Gasteiger partial charge is 0.338 e. The minimum absolute atomic E-state index is 0.181. The Hall–Kier alpha value is -4.16. The number of carbonyl (C=O) groups is 1. The Morgan fingerprint density at radius 3 is 2.71 bits per heavy atom. The number of furan rings is 1. The number of rotatable bonds is 10. The van der Waals surface area contributed by atoms with Crippen molar-refractivity contribution >= 4 is 35.1 Å². The molecule has 0 spiro atoms. The van der Waals surface area contributed by atoms with E-state index in [0.29, 0.717) is 60.1 Å². The molecule has 218 valence electrons. The number of carbonyl (C=O) groups excluding carboxylic acids is 1. The van der Waals surface area contributed by atoms with E-state index < -0.39 is 12.0 Å². The number of esters is 1. The third kappa shape index (κ3) is 5.90. The predicted octanol–water partition coefficient (Wildman–Crippen LogP) is 4.44. The van der Waals surface area contributed by atoms with E-state index in [0.717, 1.165) is 12.1 Å². The third-order valence-electron chi connectivity index (χ3n) is 6.46. The molecule has 0 radical (unpaired) electrons. The fraction of sp³-hybridized carbons (Fsp3) is 0.300. The molecule has 3 aromatic heterocycles. The summed E-state index contributed by atoms with van der Waals surface area (Å²) in [7, 11) is 3.10. The number of aromatic nitrogens is 3. The second-order valence-corrected chi connectivity index (χ2v) is 11.2. The second-order valence-electron chi connectivity index (χ2n) is 9.26. The van der Waals surface area contributed by atoms with E-state index in [2.05, 4.69) is 9.97 Å². The van der Waals surface area contributed by atoms with Gasteiger partial charge in [0.05, 0.1) is 36.6 Å². The lowest BCUT2D eigenvalue weighted by molar-refractivity contribution is -0.139. The van der Waals surface area contributed by atoms with Gasteiger partial charge in [-0.15, -0.1) is 0 Å². The van der Waals surface area contributed by atoms with E-state index in [9.17, 15) is 9.59 Å². The maximum Gasteiger partial charge on any atom is 0.338 e. The van der Waals surface area contributed by atoms with Crippen LogP contribution in [0, 0.1) is 6.92 Å². The molecule has 12 heteroatoms. The number of hydrogen-bond acceptors (Lipinski definition) is 11. The summed E-state index contributed by atoms with van der Waals surface area (Å²) in [5, 5.41) is 1.16. The van der Waals surface area contributed by atoms with Crippen molar-refractivity contribution in [3.63, 3.8) is 0 Å². The number of nitrogens with zero attached hydrogens (tertiary/aromatic N) is 4. The number of ether oxygens (including phenoxy) is 3. The van der Waals surface area contributed by atoms with Crippen LogP contribution in [-0.4, -0.2) is 41.3 Å². The Labute approximate surface area is 250 Å². The molecule has 1 atom stereocenters. The second kappa shape index (κ2) is 12.8. The van der Waals surface area contributed by atoms with Crippen LogP contribution in [0.5, 0.6) is 11.5 Å². The van der Waals surface area contributed by atoms with Gasteiger partial charge < -0.3 is 18.6 Å². The van der Waals surface area contributed by atoms with E-state index >= 15 is 0 Å². The standard InChI is InChI=1S/C30H30N4O6S2/c1-6-8-21-25(28(36)39-7-2)26(20-15-18(37-4)9-11-22(20)38-5)34-27(35)23(41-30(34)33-21)16-19-10-12-24(40-19)42-29-31-14-13-17(3)32-29/h9-16,26H,6-8H2,1-5H3/b23-16-/t26-/m0/s1. The zero-order valence-electron chi connectivity index (χ0n) is 23.9. The Kier molecular flexibility index (Phi) is 8.93. The number of thiazole rings is 1. The Morgan fingerprint density at radius 2 is 2.00 bits per heavy atom. The zero-order valence-corrected chi connectivity index (χ0v) is 25.5. The highest BCUT2D eigenvalue weighted by Crippen LogP contribution is 2.38. The first-order valence-electron chi connectivity index (χ1n) is 13.4. The summed E-state index contributed by atoms with van der Waals surface area (Å²) in [5.74, 6) is 1.02. The molecule has 0 fully saturated rings. The van der Waals surface area contributed by atoms with Gasteiger partial charge in [-0.25, -0.2) is 19.8 Å². The first-order valence-corrected chi connectivity index (χ1v) is 15.0. The number of benzene rings is 1. The molecule has 0 unspecified atom stereocenters. The van der Waals surface area contributed by atoms with Crippen molar-refractivity contribution < 1.29 is 23.4 Å². The van der Waals surface area contributed by atoms with E-state index in [1.807, 2.05) is 19.9 Å². The summed E-state index contributed by atoms with van der Waals surface area (Å²) >= 11 is 2.52. The highest BCUT2D eigenvalue weighted by atomic mass is 32.2. The molecular formula is C30H30N4O6S2. The van der Waals surface area contributed by atoms with Crippen molar-refractivity contribution in [1.29, 1.82) is 0 Å². The molecule has 1 aromatic carbocycles. The van der Waals surface area contributed by atoms with Gasteiger partial charge >= 0.3 is 5.97 Å². The molecule has 1 aliphatic heterocycles. The molecule has 4 heterocycles. The van der Waals surface area contributed by atoms with Crippen LogP contribution in [0.4, 0.5) is 0 Å². The van der Waals surface area contributed by atoms with Crippen molar-refractivity contribution in [2.75, 3.05) is 20.8 Å².